The highest BCUT2D eigenvalue weighted by Crippen LogP contribution is 2.21. The number of rotatable bonds is 2. The molecule has 1 aliphatic heterocycles. The maximum Gasteiger partial charge on any atom is 0.0620 e. The fraction of sp³-hybridized carbons (Fsp3) is 0.571. The average Bonchev–Trinajstić information content (AvgIpc) is 2.82. The van der Waals surface area contributed by atoms with Crippen molar-refractivity contribution in [2.45, 2.75) is 37.8 Å². The van der Waals surface area contributed by atoms with Crippen molar-refractivity contribution in [3.05, 3.63) is 35.4 Å². The molecule has 1 heterocycles. The number of hydrogen-bond donors (Lipinski definition) is 1. The molecule has 86 valence electrons. The van der Waals surface area contributed by atoms with Crippen molar-refractivity contribution in [1.82, 2.24) is 5.32 Å². The third-order valence-corrected chi connectivity index (χ3v) is 3.75. The lowest BCUT2D eigenvalue weighted by molar-refractivity contribution is 0.187. The summed E-state index contributed by atoms with van der Waals surface area (Å²) in [6.45, 7) is 1.83. The van der Waals surface area contributed by atoms with Gasteiger partial charge in [0, 0.05) is 18.7 Å². The Hall–Kier alpha value is -0.860. The molecule has 1 aromatic rings. The highest BCUT2D eigenvalue weighted by atomic mass is 16.5. The maximum absolute atomic E-state index is 5.41. The van der Waals surface area contributed by atoms with Crippen molar-refractivity contribution in [3.63, 3.8) is 0 Å². The van der Waals surface area contributed by atoms with Crippen molar-refractivity contribution in [1.29, 1.82) is 0 Å². The number of ether oxygens (including phenoxy) is 1. The number of hydrogen-bond acceptors (Lipinski definition) is 2. The Bertz CT molecular complexity index is 358. The molecule has 2 aliphatic rings. The van der Waals surface area contributed by atoms with Gasteiger partial charge < -0.3 is 10.1 Å². The van der Waals surface area contributed by atoms with Crippen molar-refractivity contribution < 1.29 is 4.74 Å². The Morgan fingerprint density at radius 3 is 2.75 bits per heavy atom. The Labute approximate surface area is 97.0 Å². The summed E-state index contributed by atoms with van der Waals surface area (Å²) in [5.74, 6) is 0. The number of nitrogens with one attached hydrogen (secondary N) is 1. The van der Waals surface area contributed by atoms with E-state index in [1.165, 1.54) is 31.2 Å². The predicted octanol–water partition coefficient (Wildman–Crippen LogP) is 1.92. The van der Waals surface area contributed by atoms with E-state index in [1.54, 1.807) is 5.56 Å². The van der Waals surface area contributed by atoms with Crippen LogP contribution in [-0.2, 0) is 17.6 Å². The largest absolute Gasteiger partial charge is 0.380 e. The number of benzene rings is 1. The van der Waals surface area contributed by atoms with Crippen LogP contribution in [0, 0.1) is 0 Å². The third kappa shape index (κ3) is 2.13. The molecule has 1 aromatic carbocycles. The van der Waals surface area contributed by atoms with Crippen molar-refractivity contribution in [2.24, 2.45) is 0 Å². The molecular formula is C14H19NO. The van der Waals surface area contributed by atoms with Crippen LogP contribution in [0.4, 0.5) is 0 Å². The molecule has 0 radical (unpaired) electrons. The SMILES string of the molecule is c1ccc2c(c1)CCC(NC1CCOC1)C2. The molecule has 16 heavy (non-hydrogen) atoms. The van der Waals surface area contributed by atoms with Crippen LogP contribution in [0.2, 0.25) is 0 Å². The minimum atomic E-state index is 0.593. The van der Waals surface area contributed by atoms with Crippen LogP contribution in [0.1, 0.15) is 24.0 Å². The summed E-state index contributed by atoms with van der Waals surface area (Å²) in [6.07, 6.45) is 4.86. The Balaban J connectivity index is 1.63. The highest BCUT2D eigenvalue weighted by molar-refractivity contribution is 5.30. The Morgan fingerprint density at radius 1 is 1.06 bits per heavy atom. The lowest BCUT2D eigenvalue weighted by atomic mass is 9.88. The number of aryl methyl sites for hydroxylation is 1. The third-order valence-electron chi connectivity index (χ3n) is 3.75. The molecular weight excluding hydrogens is 198 g/mol. The van der Waals surface area contributed by atoms with Crippen molar-refractivity contribution in [3.8, 4) is 0 Å². The smallest absolute Gasteiger partial charge is 0.0620 e. The van der Waals surface area contributed by atoms with Crippen LogP contribution in [0.15, 0.2) is 24.3 Å². The summed E-state index contributed by atoms with van der Waals surface area (Å²) in [7, 11) is 0. The quantitative estimate of drug-likeness (QED) is 0.817. The first-order valence-electron chi connectivity index (χ1n) is 6.32. The van der Waals surface area contributed by atoms with Gasteiger partial charge in [-0.15, -0.1) is 0 Å². The molecule has 2 atom stereocenters. The van der Waals surface area contributed by atoms with Crippen molar-refractivity contribution >= 4 is 0 Å². The van der Waals surface area contributed by atoms with Gasteiger partial charge in [-0.25, -0.2) is 0 Å². The molecule has 0 spiro atoms. The molecule has 2 nitrogen and oxygen atoms in total. The standard InChI is InChI=1S/C14H19NO/c1-2-4-12-9-13(6-5-11(12)3-1)15-14-7-8-16-10-14/h1-4,13-15H,5-10H2. The van der Waals surface area contributed by atoms with Gasteiger partial charge in [0.1, 0.15) is 0 Å². The van der Waals surface area contributed by atoms with Crippen molar-refractivity contribution in [2.75, 3.05) is 13.2 Å². The topological polar surface area (TPSA) is 21.3 Å². The van der Waals surface area contributed by atoms with E-state index in [-0.39, 0.29) is 0 Å². The van der Waals surface area contributed by atoms with Gasteiger partial charge in [0.2, 0.25) is 0 Å². The molecule has 1 saturated heterocycles. The van der Waals surface area contributed by atoms with Gasteiger partial charge in [0.25, 0.3) is 0 Å². The second-order valence-corrected chi connectivity index (χ2v) is 4.94. The molecule has 1 fully saturated rings. The lowest BCUT2D eigenvalue weighted by Crippen LogP contribution is -2.41. The normalized spacial score (nSPS) is 29.0. The van der Waals surface area contributed by atoms with E-state index in [0.717, 1.165) is 13.2 Å². The fourth-order valence-electron chi connectivity index (χ4n) is 2.84. The Kier molecular flexibility index (Phi) is 2.94. The predicted molar refractivity (Wildman–Crippen MR) is 64.6 cm³/mol. The van der Waals surface area contributed by atoms with Gasteiger partial charge in [0.15, 0.2) is 0 Å². The van der Waals surface area contributed by atoms with E-state index in [1.807, 2.05) is 0 Å². The second-order valence-electron chi connectivity index (χ2n) is 4.94. The first-order valence-corrected chi connectivity index (χ1v) is 6.32. The molecule has 1 aliphatic carbocycles. The van der Waals surface area contributed by atoms with Crippen LogP contribution >= 0.6 is 0 Å². The molecule has 0 amide bonds. The van der Waals surface area contributed by atoms with E-state index in [4.69, 9.17) is 4.74 Å². The Morgan fingerprint density at radius 2 is 1.94 bits per heavy atom. The maximum atomic E-state index is 5.41. The van der Waals surface area contributed by atoms with E-state index < -0.39 is 0 Å². The van der Waals surface area contributed by atoms with Crippen LogP contribution in [0.3, 0.4) is 0 Å². The molecule has 2 heteroatoms. The molecule has 0 saturated carbocycles. The summed E-state index contributed by atoms with van der Waals surface area (Å²) < 4.78 is 5.41. The average molecular weight is 217 g/mol. The van der Waals surface area contributed by atoms with E-state index in [0.29, 0.717) is 12.1 Å². The van der Waals surface area contributed by atoms with Gasteiger partial charge in [0.05, 0.1) is 6.61 Å². The van der Waals surface area contributed by atoms with E-state index >= 15 is 0 Å². The zero-order valence-electron chi connectivity index (χ0n) is 9.61. The molecule has 0 bridgehead atoms. The number of fused-ring (bicyclic) bond motifs is 1. The minimum Gasteiger partial charge on any atom is -0.380 e. The first kappa shape index (κ1) is 10.3. The van der Waals surface area contributed by atoms with Gasteiger partial charge in [-0.1, -0.05) is 24.3 Å². The molecule has 0 aromatic heterocycles. The summed E-state index contributed by atoms with van der Waals surface area (Å²) in [4.78, 5) is 0. The van der Waals surface area contributed by atoms with Crippen LogP contribution in [0.5, 0.6) is 0 Å². The molecule has 2 unspecified atom stereocenters. The zero-order chi connectivity index (χ0) is 10.8. The van der Waals surface area contributed by atoms with Gasteiger partial charge in [-0.05, 0) is 36.8 Å². The minimum absolute atomic E-state index is 0.593. The van der Waals surface area contributed by atoms with Crippen LogP contribution in [-0.4, -0.2) is 25.3 Å². The highest BCUT2D eigenvalue weighted by Gasteiger charge is 2.23. The summed E-state index contributed by atoms with van der Waals surface area (Å²) in [5.41, 5.74) is 3.08. The monoisotopic (exact) mass is 217 g/mol. The van der Waals surface area contributed by atoms with E-state index in [2.05, 4.69) is 29.6 Å². The summed E-state index contributed by atoms with van der Waals surface area (Å²) in [6, 6.07) is 10.1. The van der Waals surface area contributed by atoms with Crippen LogP contribution < -0.4 is 5.32 Å². The van der Waals surface area contributed by atoms with Crippen LogP contribution in [0.25, 0.3) is 0 Å². The lowest BCUT2D eigenvalue weighted by Gasteiger charge is -2.27. The zero-order valence-corrected chi connectivity index (χ0v) is 9.61. The van der Waals surface area contributed by atoms with Gasteiger partial charge in [-0.2, -0.15) is 0 Å². The summed E-state index contributed by atoms with van der Waals surface area (Å²) >= 11 is 0. The first-order chi connectivity index (χ1) is 7.92. The fourth-order valence-corrected chi connectivity index (χ4v) is 2.84. The van der Waals surface area contributed by atoms with E-state index in [9.17, 15) is 0 Å². The summed E-state index contributed by atoms with van der Waals surface area (Å²) in [5, 5.41) is 3.73. The molecule has 1 N–H and O–H groups in total. The second kappa shape index (κ2) is 4.56. The van der Waals surface area contributed by atoms with Gasteiger partial charge in [-0.3, -0.25) is 0 Å². The van der Waals surface area contributed by atoms with Gasteiger partial charge >= 0.3 is 0 Å². The molecule has 3 rings (SSSR count).